The van der Waals surface area contributed by atoms with Crippen molar-refractivity contribution in [3.05, 3.63) is 18.1 Å². The van der Waals surface area contributed by atoms with Crippen LogP contribution < -0.4 is 4.90 Å². The van der Waals surface area contributed by atoms with Gasteiger partial charge < -0.3 is 10.0 Å². The van der Waals surface area contributed by atoms with Gasteiger partial charge >= 0.3 is 5.97 Å². The molecule has 0 aromatic carbocycles. The van der Waals surface area contributed by atoms with Gasteiger partial charge in [-0.2, -0.15) is 0 Å². The second-order valence-electron chi connectivity index (χ2n) is 3.33. The molecular weight excluding hydrogens is 194 g/mol. The molecule has 0 bridgehead atoms. The van der Waals surface area contributed by atoms with Gasteiger partial charge in [0.25, 0.3) is 0 Å². The highest BCUT2D eigenvalue weighted by Crippen LogP contribution is 2.10. The fourth-order valence-electron chi connectivity index (χ4n) is 1.32. The second kappa shape index (κ2) is 5.29. The molecule has 15 heavy (non-hydrogen) atoms. The van der Waals surface area contributed by atoms with Gasteiger partial charge in [0.1, 0.15) is 18.7 Å². The number of carbonyl (C=O) groups is 1. The van der Waals surface area contributed by atoms with Crippen LogP contribution in [0.25, 0.3) is 0 Å². The lowest BCUT2D eigenvalue weighted by Crippen LogP contribution is -2.31. The van der Waals surface area contributed by atoms with Crippen molar-refractivity contribution in [2.75, 3.05) is 18.0 Å². The minimum absolute atomic E-state index is 0.0235. The minimum atomic E-state index is -0.847. The maximum Gasteiger partial charge on any atom is 0.323 e. The van der Waals surface area contributed by atoms with Crippen LogP contribution in [0.5, 0.6) is 0 Å². The summed E-state index contributed by atoms with van der Waals surface area (Å²) in [7, 11) is 0. The topological polar surface area (TPSA) is 66.3 Å². The van der Waals surface area contributed by atoms with Crippen molar-refractivity contribution in [3.63, 3.8) is 0 Å². The number of anilines is 1. The third-order valence-electron chi connectivity index (χ3n) is 1.93. The lowest BCUT2D eigenvalue weighted by molar-refractivity contribution is -0.135. The Morgan fingerprint density at radius 1 is 1.53 bits per heavy atom. The maximum atomic E-state index is 10.7. The van der Waals surface area contributed by atoms with E-state index in [0.717, 1.165) is 12.1 Å². The largest absolute Gasteiger partial charge is 0.480 e. The van der Waals surface area contributed by atoms with E-state index in [1.807, 2.05) is 13.8 Å². The third-order valence-corrected chi connectivity index (χ3v) is 1.93. The summed E-state index contributed by atoms with van der Waals surface area (Å²) in [6.07, 6.45) is 2.34. The van der Waals surface area contributed by atoms with Crippen molar-refractivity contribution in [2.24, 2.45) is 0 Å². The predicted octanol–water partition coefficient (Wildman–Crippen LogP) is 1.09. The van der Waals surface area contributed by atoms with E-state index in [4.69, 9.17) is 5.11 Å². The van der Waals surface area contributed by atoms with Crippen LogP contribution in [0.2, 0.25) is 0 Å². The molecule has 1 aromatic heterocycles. The van der Waals surface area contributed by atoms with Crippen LogP contribution in [0, 0.1) is 6.92 Å². The van der Waals surface area contributed by atoms with Gasteiger partial charge in [-0.15, -0.1) is 0 Å². The lowest BCUT2D eigenvalue weighted by atomic mass is 10.3. The molecule has 0 spiro atoms. The zero-order valence-electron chi connectivity index (χ0n) is 8.97. The molecule has 0 amide bonds. The molecule has 0 aliphatic heterocycles. The predicted molar refractivity (Wildman–Crippen MR) is 56.9 cm³/mol. The van der Waals surface area contributed by atoms with Gasteiger partial charge in [-0.05, 0) is 13.3 Å². The van der Waals surface area contributed by atoms with E-state index in [1.165, 1.54) is 6.33 Å². The Morgan fingerprint density at radius 3 is 2.80 bits per heavy atom. The highest BCUT2D eigenvalue weighted by molar-refractivity contribution is 5.73. The van der Waals surface area contributed by atoms with E-state index >= 15 is 0 Å². The SMILES string of the molecule is CCCN(CC(=O)O)c1cc(C)ncn1. The number of aliphatic carboxylic acids is 1. The molecule has 0 fully saturated rings. The number of rotatable bonds is 5. The summed E-state index contributed by atoms with van der Waals surface area (Å²) >= 11 is 0. The van der Waals surface area contributed by atoms with Crippen LogP contribution >= 0.6 is 0 Å². The molecule has 5 heteroatoms. The lowest BCUT2D eigenvalue weighted by Gasteiger charge is -2.20. The normalized spacial score (nSPS) is 10.0. The van der Waals surface area contributed by atoms with Crippen LogP contribution in [0.3, 0.4) is 0 Å². The third kappa shape index (κ3) is 3.53. The van der Waals surface area contributed by atoms with Gasteiger partial charge in [0.2, 0.25) is 0 Å². The molecule has 1 aromatic rings. The van der Waals surface area contributed by atoms with Crippen LogP contribution in [-0.4, -0.2) is 34.1 Å². The molecule has 0 aliphatic carbocycles. The Hall–Kier alpha value is -1.65. The van der Waals surface area contributed by atoms with Crippen molar-refractivity contribution < 1.29 is 9.90 Å². The molecule has 1 heterocycles. The smallest absolute Gasteiger partial charge is 0.323 e. The molecule has 1 rings (SSSR count). The number of nitrogens with zero attached hydrogens (tertiary/aromatic N) is 3. The van der Waals surface area contributed by atoms with E-state index in [-0.39, 0.29) is 6.54 Å². The minimum Gasteiger partial charge on any atom is -0.480 e. The molecule has 0 radical (unpaired) electrons. The monoisotopic (exact) mass is 209 g/mol. The van der Waals surface area contributed by atoms with E-state index in [9.17, 15) is 4.79 Å². The zero-order chi connectivity index (χ0) is 11.3. The molecular formula is C10H15N3O2. The maximum absolute atomic E-state index is 10.7. The average Bonchev–Trinajstić information content (AvgIpc) is 2.16. The molecule has 0 saturated heterocycles. The van der Waals surface area contributed by atoms with Crippen molar-refractivity contribution in [3.8, 4) is 0 Å². The summed E-state index contributed by atoms with van der Waals surface area (Å²) in [5.74, 6) is -0.175. The number of hydrogen-bond donors (Lipinski definition) is 1. The first kappa shape index (κ1) is 11.4. The number of aryl methyl sites for hydroxylation is 1. The van der Waals surface area contributed by atoms with E-state index in [1.54, 1.807) is 11.0 Å². The van der Waals surface area contributed by atoms with Crippen LogP contribution in [0.15, 0.2) is 12.4 Å². The van der Waals surface area contributed by atoms with Gasteiger partial charge in [-0.25, -0.2) is 9.97 Å². The van der Waals surface area contributed by atoms with E-state index in [0.29, 0.717) is 12.4 Å². The first-order valence-corrected chi connectivity index (χ1v) is 4.89. The van der Waals surface area contributed by atoms with Gasteiger partial charge in [-0.3, -0.25) is 4.79 Å². The van der Waals surface area contributed by atoms with Gasteiger partial charge in [0.15, 0.2) is 0 Å². The summed E-state index contributed by atoms with van der Waals surface area (Å²) < 4.78 is 0. The summed E-state index contributed by atoms with van der Waals surface area (Å²) in [5, 5.41) is 8.76. The van der Waals surface area contributed by atoms with Crippen LogP contribution in [0.1, 0.15) is 19.0 Å². The quantitative estimate of drug-likeness (QED) is 0.786. The first-order chi connectivity index (χ1) is 7.13. The number of carboxylic acid groups (broad SMARTS) is 1. The van der Waals surface area contributed by atoms with Gasteiger partial charge in [0.05, 0.1) is 0 Å². The summed E-state index contributed by atoms with van der Waals surface area (Å²) in [5.41, 5.74) is 0.839. The highest BCUT2D eigenvalue weighted by atomic mass is 16.4. The highest BCUT2D eigenvalue weighted by Gasteiger charge is 2.10. The summed E-state index contributed by atoms with van der Waals surface area (Å²) in [6, 6.07) is 1.79. The first-order valence-electron chi connectivity index (χ1n) is 4.89. The van der Waals surface area contributed by atoms with Crippen LogP contribution in [-0.2, 0) is 4.79 Å². The fraction of sp³-hybridized carbons (Fsp3) is 0.500. The molecule has 0 atom stereocenters. The summed E-state index contributed by atoms with van der Waals surface area (Å²) in [4.78, 5) is 20.4. The molecule has 1 N–H and O–H groups in total. The average molecular weight is 209 g/mol. The Kier molecular flexibility index (Phi) is 4.03. The fourth-order valence-corrected chi connectivity index (χ4v) is 1.32. The second-order valence-corrected chi connectivity index (χ2v) is 3.33. The Labute approximate surface area is 88.8 Å². The molecule has 0 aliphatic rings. The standard InChI is InChI=1S/C10H15N3O2/c1-3-4-13(6-10(14)15)9-5-8(2)11-7-12-9/h5,7H,3-4,6H2,1-2H3,(H,14,15). The van der Waals surface area contributed by atoms with Crippen molar-refractivity contribution in [1.82, 2.24) is 9.97 Å². The summed E-state index contributed by atoms with van der Waals surface area (Å²) in [6.45, 7) is 4.52. The van der Waals surface area contributed by atoms with Gasteiger partial charge in [0, 0.05) is 18.3 Å². The Balaban J connectivity index is 2.83. The van der Waals surface area contributed by atoms with Crippen LogP contribution in [0.4, 0.5) is 5.82 Å². The molecule has 0 unspecified atom stereocenters. The number of carboxylic acids is 1. The van der Waals surface area contributed by atoms with E-state index < -0.39 is 5.97 Å². The van der Waals surface area contributed by atoms with Crippen molar-refractivity contribution in [2.45, 2.75) is 20.3 Å². The van der Waals surface area contributed by atoms with Crippen molar-refractivity contribution in [1.29, 1.82) is 0 Å². The van der Waals surface area contributed by atoms with Crippen molar-refractivity contribution >= 4 is 11.8 Å². The van der Waals surface area contributed by atoms with E-state index in [2.05, 4.69) is 9.97 Å². The Bertz CT molecular complexity index is 341. The number of hydrogen-bond acceptors (Lipinski definition) is 4. The zero-order valence-corrected chi connectivity index (χ0v) is 8.97. The molecule has 5 nitrogen and oxygen atoms in total. The van der Waals surface area contributed by atoms with Gasteiger partial charge in [-0.1, -0.05) is 6.92 Å². The molecule has 82 valence electrons. The Morgan fingerprint density at radius 2 is 2.27 bits per heavy atom. The molecule has 0 saturated carbocycles. The number of aromatic nitrogens is 2.